The molecule has 0 N–H and O–H groups in total. The minimum Gasteiger partial charge on any atom is -0.370 e. The molecule has 1 spiro atoms. The van der Waals surface area contributed by atoms with Crippen molar-refractivity contribution in [1.29, 1.82) is 0 Å². The second-order valence-corrected chi connectivity index (χ2v) is 8.69. The molecule has 23 heavy (non-hydrogen) atoms. The summed E-state index contributed by atoms with van der Waals surface area (Å²) in [6.45, 7) is 8.08. The zero-order chi connectivity index (χ0) is 15.7. The Bertz CT molecular complexity index is 640. The largest absolute Gasteiger partial charge is 0.370 e. The first-order valence-corrected chi connectivity index (χ1v) is 9.85. The number of piperidine rings is 1. The van der Waals surface area contributed by atoms with E-state index in [1.165, 1.54) is 9.75 Å². The Morgan fingerprint density at radius 2 is 2.26 bits per heavy atom. The average Bonchev–Trinajstić information content (AvgIpc) is 3.19. The highest BCUT2D eigenvalue weighted by atomic mass is 32.1. The van der Waals surface area contributed by atoms with Crippen LogP contribution in [0.2, 0.25) is 0 Å². The lowest BCUT2D eigenvalue weighted by atomic mass is 9.91. The average molecular weight is 351 g/mol. The van der Waals surface area contributed by atoms with E-state index in [1.54, 1.807) is 11.3 Å². The predicted octanol–water partition coefficient (Wildman–Crippen LogP) is 2.78. The van der Waals surface area contributed by atoms with Gasteiger partial charge in [-0.3, -0.25) is 4.90 Å². The lowest BCUT2D eigenvalue weighted by Crippen LogP contribution is -2.59. The fraction of sp³-hybridized carbons (Fsp3) is 0.625. The van der Waals surface area contributed by atoms with Crippen molar-refractivity contribution in [3.63, 3.8) is 0 Å². The second kappa shape index (κ2) is 6.47. The third kappa shape index (κ3) is 3.42. The monoisotopic (exact) mass is 350 g/mol. The summed E-state index contributed by atoms with van der Waals surface area (Å²) in [5.74, 6) is 0. The molecule has 0 aromatic carbocycles. The van der Waals surface area contributed by atoms with Crippen molar-refractivity contribution in [3.05, 3.63) is 27.4 Å². The van der Waals surface area contributed by atoms with E-state index in [9.17, 15) is 0 Å². The van der Waals surface area contributed by atoms with Crippen LogP contribution >= 0.6 is 22.7 Å². The maximum Gasteiger partial charge on any atom is 0.208 e. The highest BCUT2D eigenvalue weighted by molar-refractivity contribution is 7.13. The van der Waals surface area contributed by atoms with Crippen molar-refractivity contribution >= 4 is 27.8 Å². The molecular weight excluding hydrogens is 328 g/mol. The predicted molar refractivity (Wildman–Crippen MR) is 94.4 cm³/mol. The van der Waals surface area contributed by atoms with Gasteiger partial charge < -0.3 is 9.64 Å². The van der Waals surface area contributed by atoms with Crippen molar-refractivity contribution in [1.82, 2.24) is 15.1 Å². The summed E-state index contributed by atoms with van der Waals surface area (Å²) in [4.78, 5) is 7.75. The molecule has 0 unspecified atom stereocenters. The Kier molecular flexibility index (Phi) is 4.36. The van der Waals surface area contributed by atoms with Crippen LogP contribution in [0.1, 0.15) is 22.6 Å². The van der Waals surface area contributed by atoms with E-state index < -0.39 is 0 Å². The summed E-state index contributed by atoms with van der Waals surface area (Å²) in [5.41, 5.74) is 1.76. The quantitative estimate of drug-likeness (QED) is 0.851. The summed E-state index contributed by atoms with van der Waals surface area (Å²) >= 11 is 3.52. The summed E-state index contributed by atoms with van der Waals surface area (Å²) in [6, 6.07) is 4.48. The topological polar surface area (TPSA) is 41.5 Å². The lowest BCUT2D eigenvalue weighted by Gasteiger charge is -2.48. The molecule has 0 radical (unpaired) electrons. The molecule has 2 aliphatic rings. The van der Waals surface area contributed by atoms with E-state index in [-0.39, 0.29) is 5.60 Å². The number of rotatable bonds is 3. The number of ether oxygens (including phenoxy) is 1. The Labute approximate surface area is 144 Å². The molecule has 5 nitrogen and oxygen atoms in total. The van der Waals surface area contributed by atoms with Crippen LogP contribution < -0.4 is 4.90 Å². The van der Waals surface area contributed by atoms with Crippen LogP contribution in [0.5, 0.6) is 0 Å². The number of aryl methyl sites for hydroxylation is 1. The van der Waals surface area contributed by atoms with Crippen LogP contribution in [-0.4, -0.2) is 53.5 Å². The lowest BCUT2D eigenvalue weighted by molar-refractivity contribution is -0.116. The molecule has 2 saturated heterocycles. The van der Waals surface area contributed by atoms with Gasteiger partial charge in [0.25, 0.3) is 0 Å². The molecule has 0 bridgehead atoms. The maximum atomic E-state index is 6.28. The molecule has 0 aliphatic carbocycles. The normalized spacial score (nSPS) is 26.0. The molecule has 0 saturated carbocycles. The van der Waals surface area contributed by atoms with Gasteiger partial charge in [-0.15, -0.1) is 21.5 Å². The SMILES string of the molecule is Cc1ccc(CN2CCO[C@]3(CCCN(c4nncs4)C3)C2)s1. The number of nitrogens with zero attached hydrogens (tertiary/aromatic N) is 4. The highest BCUT2D eigenvalue weighted by Crippen LogP contribution is 2.32. The third-order valence-electron chi connectivity index (χ3n) is 4.66. The first-order valence-electron chi connectivity index (χ1n) is 8.15. The van der Waals surface area contributed by atoms with Crippen molar-refractivity contribution in [2.24, 2.45) is 0 Å². The van der Waals surface area contributed by atoms with Crippen molar-refractivity contribution in [3.8, 4) is 0 Å². The van der Waals surface area contributed by atoms with E-state index in [2.05, 4.69) is 39.1 Å². The summed E-state index contributed by atoms with van der Waals surface area (Å²) < 4.78 is 6.28. The molecule has 124 valence electrons. The molecule has 2 aliphatic heterocycles. The summed E-state index contributed by atoms with van der Waals surface area (Å²) in [7, 11) is 0. The van der Waals surface area contributed by atoms with Gasteiger partial charge in [-0.25, -0.2) is 0 Å². The molecule has 0 amide bonds. The minimum atomic E-state index is -0.0471. The van der Waals surface area contributed by atoms with Gasteiger partial charge >= 0.3 is 0 Å². The highest BCUT2D eigenvalue weighted by Gasteiger charge is 2.41. The van der Waals surface area contributed by atoms with Crippen LogP contribution in [0.4, 0.5) is 5.13 Å². The van der Waals surface area contributed by atoms with E-state index in [0.29, 0.717) is 0 Å². The Balaban J connectivity index is 1.45. The number of aromatic nitrogens is 2. The van der Waals surface area contributed by atoms with Crippen LogP contribution in [0.25, 0.3) is 0 Å². The first kappa shape index (κ1) is 15.5. The minimum absolute atomic E-state index is 0.0471. The van der Waals surface area contributed by atoms with Gasteiger partial charge in [-0.1, -0.05) is 11.3 Å². The molecule has 7 heteroatoms. The first-order chi connectivity index (χ1) is 11.2. The van der Waals surface area contributed by atoms with Crippen LogP contribution in [0, 0.1) is 6.92 Å². The fourth-order valence-corrected chi connectivity index (χ4v) is 5.18. The zero-order valence-corrected chi connectivity index (χ0v) is 15.0. The van der Waals surface area contributed by atoms with E-state index >= 15 is 0 Å². The summed E-state index contributed by atoms with van der Waals surface area (Å²) in [6.07, 6.45) is 2.30. The molecule has 2 aromatic heterocycles. The summed E-state index contributed by atoms with van der Waals surface area (Å²) in [5, 5.41) is 9.24. The van der Waals surface area contributed by atoms with Crippen LogP contribution in [0.15, 0.2) is 17.6 Å². The van der Waals surface area contributed by atoms with Gasteiger partial charge in [0.05, 0.1) is 18.8 Å². The van der Waals surface area contributed by atoms with Crippen LogP contribution in [0.3, 0.4) is 0 Å². The molecular formula is C16H22N4OS2. The Morgan fingerprint density at radius 1 is 1.30 bits per heavy atom. The maximum absolute atomic E-state index is 6.28. The van der Waals surface area contributed by atoms with E-state index in [1.807, 2.05) is 16.8 Å². The van der Waals surface area contributed by atoms with Gasteiger partial charge in [0, 0.05) is 35.9 Å². The number of morpholine rings is 1. The number of thiophene rings is 1. The van der Waals surface area contributed by atoms with Crippen molar-refractivity contribution in [2.45, 2.75) is 31.9 Å². The molecule has 2 fully saturated rings. The van der Waals surface area contributed by atoms with Gasteiger partial charge in [-0.2, -0.15) is 0 Å². The van der Waals surface area contributed by atoms with Gasteiger partial charge in [0.2, 0.25) is 5.13 Å². The fourth-order valence-electron chi connectivity index (χ4n) is 3.66. The van der Waals surface area contributed by atoms with Gasteiger partial charge in [-0.05, 0) is 31.9 Å². The van der Waals surface area contributed by atoms with Crippen molar-refractivity contribution < 1.29 is 4.74 Å². The molecule has 2 aromatic rings. The molecule has 4 rings (SSSR count). The number of hydrogen-bond donors (Lipinski definition) is 0. The van der Waals surface area contributed by atoms with Crippen LogP contribution in [-0.2, 0) is 11.3 Å². The Hall–Kier alpha value is -1.02. The molecule has 1 atom stereocenters. The standard InChI is InChI=1S/C16H22N4OS2/c1-13-3-4-14(23-13)9-19-7-8-21-16(10-19)5-2-6-20(11-16)15-18-17-12-22-15/h3-4,12H,2,5-11H2,1H3/t16-/m1/s1. The van der Waals surface area contributed by atoms with Gasteiger partial charge in [0.15, 0.2) is 0 Å². The Morgan fingerprint density at radius 3 is 3.04 bits per heavy atom. The second-order valence-electron chi connectivity index (χ2n) is 6.50. The zero-order valence-electron chi connectivity index (χ0n) is 13.4. The van der Waals surface area contributed by atoms with Crippen molar-refractivity contribution in [2.75, 3.05) is 37.7 Å². The van der Waals surface area contributed by atoms with E-state index in [4.69, 9.17) is 4.74 Å². The molecule has 4 heterocycles. The third-order valence-corrected chi connectivity index (χ3v) is 6.40. The smallest absolute Gasteiger partial charge is 0.208 e. The van der Waals surface area contributed by atoms with Gasteiger partial charge in [0.1, 0.15) is 5.51 Å². The number of anilines is 1. The van der Waals surface area contributed by atoms with E-state index in [0.717, 1.165) is 57.3 Å². The number of hydrogen-bond acceptors (Lipinski definition) is 7.